The molecule has 6 heteroatoms. The number of carbonyl (C=O) groups is 2. The first-order valence-corrected chi connectivity index (χ1v) is 8.31. The lowest BCUT2D eigenvalue weighted by atomic mass is 9.97. The van der Waals surface area contributed by atoms with Crippen LogP contribution in [-0.4, -0.2) is 36.3 Å². The summed E-state index contributed by atoms with van der Waals surface area (Å²) >= 11 is 0. The molecule has 6 nitrogen and oxygen atoms in total. The molecule has 0 radical (unpaired) electrons. The Kier molecular flexibility index (Phi) is 5.31. The van der Waals surface area contributed by atoms with E-state index in [1.165, 1.54) is 19.0 Å². The second-order valence-electron chi connectivity index (χ2n) is 5.90. The predicted octanol–water partition coefficient (Wildman–Crippen LogP) is 2.94. The fourth-order valence-electron chi connectivity index (χ4n) is 2.93. The van der Waals surface area contributed by atoms with Crippen LogP contribution in [0.2, 0.25) is 0 Å². The lowest BCUT2D eigenvalue weighted by Crippen LogP contribution is -2.25. The molecule has 1 atom stereocenters. The third-order valence-corrected chi connectivity index (χ3v) is 4.19. The molecule has 2 aromatic carbocycles. The lowest BCUT2D eigenvalue weighted by molar-refractivity contribution is -0.143. The van der Waals surface area contributed by atoms with E-state index in [9.17, 15) is 9.59 Å². The number of amides is 1. The molecule has 0 bridgehead atoms. The van der Waals surface area contributed by atoms with Crippen LogP contribution < -0.4 is 4.74 Å². The van der Waals surface area contributed by atoms with Crippen molar-refractivity contribution in [3.63, 3.8) is 0 Å². The van der Waals surface area contributed by atoms with Gasteiger partial charge >= 0.3 is 5.97 Å². The fourth-order valence-corrected chi connectivity index (χ4v) is 2.93. The maximum Gasteiger partial charge on any atom is 0.343 e. The molecule has 0 fully saturated rings. The van der Waals surface area contributed by atoms with E-state index in [2.05, 4.69) is 9.84 Å². The number of esters is 1. The number of methoxy groups -OCH3 is 1. The van der Waals surface area contributed by atoms with Gasteiger partial charge in [-0.3, -0.25) is 4.79 Å². The summed E-state index contributed by atoms with van der Waals surface area (Å²) in [7, 11) is 1.31. The minimum atomic E-state index is -0.462. The Labute approximate surface area is 152 Å². The number of nitrogens with zero attached hydrogens (tertiary/aromatic N) is 2. The van der Waals surface area contributed by atoms with Crippen LogP contribution in [0.15, 0.2) is 59.7 Å². The molecule has 1 unspecified atom stereocenters. The van der Waals surface area contributed by atoms with Gasteiger partial charge in [0, 0.05) is 18.9 Å². The Morgan fingerprint density at radius 1 is 1.12 bits per heavy atom. The smallest absolute Gasteiger partial charge is 0.343 e. The van der Waals surface area contributed by atoms with Crippen LogP contribution in [0.1, 0.15) is 30.5 Å². The minimum absolute atomic E-state index is 0.149. The zero-order valence-corrected chi connectivity index (χ0v) is 14.7. The molecule has 2 aromatic rings. The summed E-state index contributed by atoms with van der Waals surface area (Å²) in [5.74, 6) is -0.0711. The highest BCUT2D eigenvalue weighted by Crippen LogP contribution is 2.37. The SMILES string of the molecule is COC(=O)COc1ccccc1C1CC(c2ccccc2)=NN1C(C)=O. The van der Waals surface area contributed by atoms with E-state index >= 15 is 0 Å². The zero-order valence-electron chi connectivity index (χ0n) is 14.7. The van der Waals surface area contributed by atoms with Crippen LogP contribution in [0.25, 0.3) is 0 Å². The number of hydrogen-bond acceptors (Lipinski definition) is 5. The first-order chi connectivity index (χ1) is 12.6. The summed E-state index contributed by atoms with van der Waals surface area (Å²) in [6.07, 6.45) is 0.572. The van der Waals surface area contributed by atoms with E-state index in [0.29, 0.717) is 12.2 Å². The normalized spacial score (nSPS) is 16.2. The van der Waals surface area contributed by atoms with Gasteiger partial charge in [0.25, 0.3) is 0 Å². The van der Waals surface area contributed by atoms with Gasteiger partial charge < -0.3 is 9.47 Å². The summed E-state index contributed by atoms with van der Waals surface area (Å²) in [5.41, 5.74) is 2.63. The zero-order chi connectivity index (χ0) is 18.5. The molecule has 1 aliphatic heterocycles. The fraction of sp³-hybridized carbons (Fsp3) is 0.250. The molecule has 1 heterocycles. The number of hydrazone groups is 1. The lowest BCUT2D eigenvalue weighted by Gasteiger charge is -2.22. The summed E-state index contributed by atoms with van der Waals surface area (Å²) in [5, 5.41) is 6.00. The van der Waals surface area contributed by atoms with Crippen LogP contribution in [0.4, 0.5) is 0 Å². The molecule has 0 aliphatic carbocycles. The Bertz CT molecular complexity index is 833. The van der Waals surface area contributed by atoms with E-state index < -0.39 is 5.97 Å². The van der Waals surface area contributed by atoms with Gasteiger partial charge in [-0.15, -0.1) is 0 Å². The Morgan fingerprint density at radius 2 is 1.81 bits per heavy atom. The van der Waals surface area contributed by atoms with Gasteiger partial charge in [-0.25, -0.2) is 9.80 Å². The van der Waals surface area contributed by atoms with E-state index in [-0.39, 0.29) is 18.6 Å². The van der Waals surface area contributed by atoms with Crippen molar-refractivity contribution in [3.05, 3.63) is 65.7 Å². The third-order valence-electron chi connectivity index (χ3n) is 4.19. The molecule has 0 aromatic heterocycles. The number of benzene rings is 2. The number of carbonyl (C=O) groups excluding carboxylic acids is 2. The molecular weight excluding hydrogens is 332 g/mol. The topological polar surface area (TPSA) is 68.2 Å². The molecule has 0 N–H and O–H groups in total. The van der Waals surface area contributed by atoms with Crippen molar-refractivity contribution in [2.75, 3.05) is 13.7 Å². The van der Waals surface area contributed by atoms with Crippen LogP contribution >= 0.6 is 0 Å². The van der Waals surface area contributed by atoms with Gasteiger partial charge in [0.2, 0.25) is 5.91 Å². The standard InChI is InChI=1S/C20H20N2O4/c1-14(23)22-18(12-17(21-22)15-8-4-3-5-9-15)16-10-6-7-11-19(16)26-13-20(24)25-2/h3-11,18H,12-13H2,1-2H3. The van der Waals surface area contributed by atoms with Crippen LogP contribution in [0, 0.1) is 0 Å². The molecular formula is C20H20N2O4. The average Bonchev–Trinajstić information content (AvgIpc) is 3.12. The van der Waals surface area contributed by atoms with E-state index in [1.54, 1.807) is 6.07 Å². The largest absolute Gasteiger partial charge is 0.482 e. The highest BCUT2D eigenvalue weighted by atomic mass is 16.6. The Morgan fingerprint density at radius 3 is 2.50 bits per heavy atom. The Hall–Kier alpha value is -3.15. The summed E-state index contributed by atoms with van der Waals surface area (Å²) in [6.45, 7) is 1.30. The highest BCUT2D eigenvalue weighted by Gasteiger charge is 2.33. The van der Waals surface area contributed by atoms with E-state index in [0.717, 1.165) is 16.8 Å². The van der Waals surface area contributed by atoms with Crippen molar-refractivity contribution in [1.82, 2.24) is 5.01 Å². The second kappa shape index (κ2) is 7.82. The summed E-state index contributed by atoms with van der Waals surface area (Å²) < 4.78 is 10.2. The van der Waals surface area contributed by atoms with Gasteiger partial charge in [-0.1, -0.05) is 48.5 Å². The van der Waals surface area contributed by atoms with Crippen LogP contribution in [0.5, 0.6) is 5.75 Å². The van der Waals surface area contributed by atoms with Gasteiger partial charge in [0.1, 0.15) is 5.75 Å². The van der Waals surface area contributed by atoms with Crippen LogP contribution in [0.3, 0.4) is 0 Å². The summed E-state index contributed by atoms with van der Waals surface area (Å²) in [6, 6.07) is 16.8. The van der Waals surface area contributed by atoms with Crippen molar-refractivity contribution >= 4 is 17.6 Å². The highest BCUT2D eigenvalue weighted by molar-refractivity contribution is 6.03. The van der Waals surface area contributed by atoms with Crippen LogP contribution in [-0.2, 0) is 14.3 Å². The minimum Gasteiger partial charge on any atom is -0.482 e. The van der Waals surface area contributed by atoms with Gasteiger partial charge in [-0.2, -0.15) is 5.10 Å². The molecule has 26 heavy (non-hydrogen) atoms. The maximum absolute atomic E-state index is 12.1. The van der Waals surface area contributed by atoms with Crippen molar-refractivity contribution in [3.8, 4) is 5.75 Å². The van der Waals surface area contributed by atoms with E-state index in [1.807, 2.05) is 48.5 Å². The summed E-state index contributed by atoms with van der Waals surface area (Å²) in [4.78, 5) is 23.5. The Balaban J connectivity index is 1.89. The molecule has 0 saturated carbocycles. The van der Waals surface area contributed by atoms with E-state index in [4.69, 9.17) is 4.74 Å². The average molecular weight is 352 g/mol. The molecule has 0 saturated heterocycles. The second-order valence-corrected chi connectivity index (χ2v) is 5.90. The first kappa shape index (κ1) is 17.7. The first-order valence-electron chi connectivity index (χ1n) is 8.31. The molecule has 3 rings (SSSR count). The van der Waals surface area contributed by atoms with Gasteiger partial charge in [-0.05, 0) is 11.6 Å². The van der Waals surface area contributed by atoms with Gasteiger partial charge in [0.15, 0.2) is 6.61 Å². The maximum atomic E-state index is 12.1. The number of para-hydroxylation sites is 1. The number of ether oxygens (including phenoxy) is 2. The number of hydrogen-bond donors (Lipinski definition) is 0. The van der Waals surface area contributed by atoms with Crippen molar-refractivity contribution in [2.24, 2.45) is 5.10 Å². The molecule has 134 valence electrons. The third kappa shape index (κ3) is 3.74. The molecule has 0 spiro atoms. The van der Waals surface area contributed by atoms with Crippen molar-refractivity contribution in [2.45, 2.75) is 19.4 Å². The van der Waals surface area contributed by atoms with Gasteiger partial charge in [0.05, 0.1) is 18.9 Å². The predicted molar refractivity (Wildman–Crippen MR) is 96.8 cm³/mol. The van der Waals surface area contributed by atoms with Crippen molar-refractivity contribution < 1.29 is 19.1 Å². The number of rotatable bonds is 5. The monoisotopic (exact) mass is 352 g/mol. The molecule has 1 amide bonds. The quantitative estimate of drug-likeness (QED) is 0.776. The molecule has 1 aliphatic rings. The van der Waals surface area contributed by atoms with Crippen molar-refractivity contribution in [1.29, 1.82) is 0 Å².